The maximum atomic E-state index is 12.3. The van der Waals surface area contributed by atoms with E-state index in [0.29, 0.717) is 60.8 Å². The number of amides is 1. The van der Waals surface area contributed by atoms with Gasteiger partial charge < -0.3 is 29.9 Å². The molecular formula is C25H27N7O4. The van der Waals surface area contributed by atoms with Gasteiger partial charge in [0.05, 0.1) is 42.9 Å². The maximum absolute atomic E-state index is 12.3. The Labute approximate surface area is 208 Å². The summed E-state index contributed by atoms with van der Waals surface area (Å²) in [4.78, 5) is 41.5. The zero-order chi connectivity index (χ0) is 25.1. The minimum absolute atomic E-state index is 0.0668. The van der Waals surface area contributed by atoms with Gasteiger partial charge in [-0.15, -0.1) is 0 Å². The molecular weight excluding hydrogens is 462 g/mol. The Bertz CT molecular complexity index is 1280. The van der Waals surface area contributed by atoms with Crippen molar-refractivity contribution in [3.8, 4) is 5.75 Å². The molecule has 2 aromatic heterocycles. The van der Waals surface area contributed by atoms with Crippen molar-refractivity contribution in [1.29, 1.82) is 0 Å². The van der Waals surface area contributed by atoms with Gasteiger partial charge in [-0.05, 0) is 37.3 Å². The molecule has 5 rings (SSSR count). The molecule has 0 radical (unpaired) electrons. The van der Waals surface area contributed by atoms with E-state index >= 15 is 0 Å². The molecule has 0 spiro atoms. The van der Waals surface area contributed by atoms with Gasteiger partial charge in [0.15, 0.2) is 5.78 Å². The third-order valence-corrected chi connectivity index (χ3v) is 5.97. The van der Waals surface area contributed by atoms with Gasteiger partial charge in [-0.25, -0.2) is 9.97 Å². The monoisotopic (exact) mass is 489 g/mol. The van der Waals surface area contributed by atoms with Gasteiger partial charge in [0.1, 0.15) is 24.0 Å². The molecule has 3 aromatic rings. The largest absolute Gasteiger partial charge is 0.490 e. The van der Waals surface area contributed by atoms with E-state index in [1.54, 1.807) is 17.2 Å². The molecule has 2 aliphatic heterocycles. The van der Waals surface area contributed by atoms with E-state index in [0.717, 1.165) is 24.6 Å². The fourth-order valence-corrected chi connectivity index (χ4v) is 4.12. The van der Waals surface area contributed by atoms with E-state index in [1.807, 2.05) is 24.3 Å². The van der Waals surface area contributed by atoms with Gasteiger partial charge in [0.25, 0.3) is 0 Å². The number of fused-ring (bicyclic) bond motifs is 1. The van der Waals surface area contributed by atoms with Crippen molar-refractivity contribution >= 4 is 46.3 Å². The third-order valence-electron chi connectivity index (χ3n) is 5.97. The number of carbonyl (C=O) groups excluding carboxylic acids is 2. The summed E-state index contributed by atoms with van der Waals surface area (Å²) in [5.74, 6) is 1.94. The van der Waals surface area contributed by atoms with Gasteiger partial charge in [-0.3, -0.25) is 9.59 Å². The average Bonchev–Trinajstić information content (AvgIpc) is 2.89. The number of nitrogens with one attached hydrogen (secondary N) is 2. The number of ketones is 1. The predicted molar refractivity (Wildman–Crippen MR) is 136 cm³/mol. The van der Waals surface area contributed by atoms with Crippen LogP contribution < -0.4 is 25.2 Å². The number of rotatable bonds is 6. The fraction of sp³-hybridized carbons (Fsp3) is 0.320. The highest BCUT2D eigenvalue weighted by Gasteiger charge is 2.22. The molecule has 1 fully saturated rings. The average molecular weight is 490 g/mol. The highest BCUT2D eigenvalue weighted by atomic mass is 16.5. The van der Waals surface area contributed by atoms with E-state index in [1.165, 1.54) is 20.0 Å². The maximum Gasteiger partial charge on any atom is 0.229 e. The summed E-state index contributed by atoms with van der Waals surface area (Å²) in [5, 5.41) is 6.35. The summed E-state index contributed by atoms with van der Waals surface area (Å²) in [7, 11) is 0. The normalized spacial score (nSPS) is 15.1. The van der Waals surface area contributed by atoms with Crippen molar-refractivity contribution in [3.63, 3.8) is 0 Å². The molecule has 186 valence electrons. The Morgan fingerprint density at radius 1 is 0.917 bits per heavy atom. The Morgan fingerprint density at radius 2 is 1.72 bits per heavy atom. The Hall–Kier alpha value is -4.25. The van der Waals surface area contributed by atoms with Gasteiger partial charge in [-0.2, -0.15) is 4.98 Å². The number of benzene rings is 1. The summed E-state index contributed by atoms with van der Waals surface area (Å²) in [5.41, 5.74) is 2.39. The molecule has 0 atom stereocenters. The molecule has 11 heteroatoms. The Balaban J connectivity index is 1.37. The van der Waals surface area contributed by atoms with Crippen LogP contribution in [-0.2, 0) is 9.53 Å². The number of ether oxygens (including phenoxy) is 2. The topological polar surface area (TPSA) is 122 Å². The van der Waals surface area contributed by atoms with Crippen LogP contribution >= 0.6 is 0 Å². The molecule has 0 saturated carbocycles. The zero-order valence-electron chi connectivity index (χ0n) is 20.2. The van der Waals surface area contributed by atoms with Crippen LogP contribution in [0.2, 0.25) is 0 Å². The third kappa shape index (κ3) is 5.05. The number of aromatic nitrogens is 3. The molecule has 1 aromatic carbocycles. The first-order valence-corrected chi connectivity index (χ1v) is 11.7. The number of morpholine rings is 1. The smallest absolute Gasteiger partial charge is 0.229 e. The number of hydrogen-bond acceptors (Lipinski definition) is 10. The summed E-state index contributed by atoms with van der Waals surface area (Å²) in [6.45, 7) is 6.90. The lowest BCUT2D eigenvalue weighted by Gasteiger charge is -2.29. The van der Waals surface area contributed by atoms with Gasteiger partial charge in [-0.1, -0.05) is 0 Å². The molecule has 36 heavy (non-hydrogen) atoms. The van der Waals surface area contributed by atoms with Crippen molar-refractivity contribution in [3.05, 3.63) is 48.3 Å². The van der Waals surface area contributed by atoms with Crippen LogP contribution in [0.1, 0.15) is 24.2 Å². The summed E-state index contributed by atoms with van der Waals surface area (Å²) < 4.78 is 11.1. The molecule has 2 N–H and O–H groups in total. The van der Waals surface area contributed by atoms with Gasteiger partial charge in [0, 0.05) is 31.9 Å². The second-order valence-electron chi connectivity index (χ2n) is 8.47. The summed E-state index contributed by atoms with van der Waals surface area (Å²) in [6, 6.07) is 9.26. The van der Waals surface area contributed by atoms with Crippen molar-refractivity contribution in [2.75, 3.05) is 59.9 Å². The standard InChI is InChI=1S/C25H27N7O4/c1-16(33)20-15-27-25(29-19-4-6-23(26-14-19)31-7-10-35-11-8-31)30-24(20)28-18-3-5-22-21(13-18)32(17(2)34)9-12-36-22/h3-6,13-15H,7-12H2,1-2H3,(H2,27,28,29,30). The predicted octanol–water partition coefficient (Wildman–Crippen LogP) is 3.14. The molecule has 4 heterocycles. The minimum Gasteiger partial charge on any atom is -0.490 e. The highest BCUT2D eigenvalue weighted by Crippen LogP contribution is 2.35. The molecule has 0 unspecified atom stereocenters. The van der Waals surface area contributed by atoms with Crippen molar-refractivity contribution < 1.29 is 19.1 Å². The number of anilines is 6. The lowest BCUT2D eigenvalue weighted by Crippen LogP contribution is -2.36. The lowest BCUT2D eigenvalue weighted by molar-refractivity contribution is -0.116. The zero-order valence-corrected chi connectivity index (χ0v) is 20.2. The van der Waals surface area contributed by atoms with Crippen LogP contribution in [-0.4, -0.2) is 66.1 Å². The highest BCUT2D eigenvalue weighted by molar-refractivity contribution is 5.99. The van der Waals surface area contributed by atoms with Crippen LogP contribution in [0.15, 0.2) is 42.7 Å². The van der Waals surface area contributed by atoms with Gasteiger partial charge >= 0.3 is 0 Å². The van der Waals surface area contributed by atoms with Crippen LogP contribution in [0.25, 0.3) is 0 Å². The number of pyridine rings is 1. The molecule has 1 amide bonds. The summed E-state index contributed by atoms with van der Waals surface area (Å²) in [6.07, 6.45) is 3.21. The lowest BCUT2D eigenvalue weighted by atomic mass is 10.2. The van der Waals surface area contributed by atoms with Gasteiger partial charge in [0.2, 0.25) is 11.9 Å². The van der Waals surface area contributed by atoms with Crippen LogP contribution in [0.4, 0.5) is 34.6 Å². The van der Waals surface area contributed by atoms with Crippen molar-refractivity contribution in [1.82, 2.24) is 15.0 Å². The summed E-state index contributed by atoms with van der Waals surface area (Å²) >= 11 is 0. The molecule has 0 aliphatic carbocycles. The number of nitrogens with zero attached hydrogens (tertiary/aromatic N) is 5. The SMILES string of the molecule is CC(=O)c1cnc(Nc2ccc(N3CCOCC3)nc2)nc1Nc1ccc2c(c1)N(C(C)=O)CCO2. The molecule has 1 saturated heterocycles. The number of Topliss-reactive ketones (excluding diaryl/α,β-unsaturated/α-hetero) is 1. The van der Waals surface area contributed by atoms with Crippen molar-refractivity contribution in [2.24, 2.45) is 0 Å². The minimum atomic E-state index is -0.174. The van der Waals surface area contributed by atoms with E-state index in [2.05, 4.69) is 30.5 Å². The molecule has 0 bridgehead atoms. The Kier molecular flexibility index (Phi) is 6.63. The van der Waals surface area contributed by atoms with Crippen LogP contribution in [0.5, 0.6) is 5.75 Å². The second kappa shape index (κ2) is 10.2. The Morgan fingerprint density at radius 3 is 2.44 bits per heavy atom. The number of hydrogen-bond donors (Lipinski definition) is 2. The van der Waals surface area contributed by atoms with Crippen LogP contribution in [0, 0.1) is 0 Å². The van der Waals surface area contributed by atoms with E-state index < -0.39 is 0 Å². The first kappa shape index (κ1) is 23.5. The number of carbonyl (C=O) groups is 2. The van der Waals surface area contributed by atoms with E-state index in [4.69, 9.17) is 9.47 Å². The van der Waals surface area contributed by atoms with E-state index in [9.17, 15) is 9.59 Å². The quantitative estimate of drug-likeness (QED) is 0.499. The second-order valence-corrected chi connectivity index (χ2v) is 8.47. The van der Waals surface area contributed by atoms with Crippen LogP contribution in [0.3, 0.4) is 0 Å². The molecule has 2 aliphatic rings. The first-order valence-electron chi connectivity index (χ1n) is 11.7. The van der Waals surface area contributed by atoms with E-state index in [-0.39, 0.29) is 11.7 Å². The van der Waals surface area contributed by atoms with Crippen molar-refractivity contribution in [2.45, 2.75) is 13.8 Å². The first-order chi connectivity index (χ1) is 17.5. The molecule has 11 nitrogen and oxygen atoms in total. The fourth-order valence-electron chi connectivity index (χ4n) is 4.12.